The third-order valence-electron chi connectivity index (χ3n) is 2.31. The van der Waals surface area contributed by atoms with Gasteiger partial charge in [0, 0.05) is 32.2 Å². The molecule has 0 spiro atoms. The molecule has 108 valence electrons. The molecule has 0 bridgehead atoms. The van der Waals surface area contributed by atoms with Crippen LogP contribution in [0.1, 0.15) is 0 Å². The minimum atomic E-state index is -3.03. The number of nitrogens with zero attached hydrogens (tertiary/aromatic N) is 5. The summed E-state index contributed by atoms with van der Waals surface area (Å²) < 4.78 is 23.6. The second kappa shape index (κ2) is 5.82. The molecule has 0 saturated carbocycles. The summed E-state index contributed by atoms with van der Waals surface area (Å²) in [5, 5.41) is 9.71. The Morgan fingerprint density at radius 1 is 1.25 bits per heavy atom. The molecule has 2 heterocycles. The molecule has 0 aromatic carbocycles. The van der Waals surface area contributed by atoms with Gasteiger partial charge in [-0.15, -0.1) is 0 Å². The van der Waals surface area contributed by atoms with Crippen LogP contribution in [-0.4, -0.2) is 58.8 Å². The molecule has 0 unspecified atom stereocenters. The molecule has 0 aliphatic heterocycles. The van der Waals surface area contributed by atoms with Crippen molar-refractivity contribution in [3.8, 4) is 5.95 Å². The minimum absolute atomic E-state index is 0.00464. The van der Waals surface area contributed by atoms with E-state index in [0.717, 1.165) is 0 Å². The van der Waals surface area contributed by atoms with E-state index in [1.165, 1.54) is 10.9 Å². The van der Waals surface area contributed by atoms with Gasteiger partial charge in [0.2, 0.25) is 11.9 Å². The standard InChI is InChI=1S/C10H15N7O2S/c1-11-8-14-9(12-5-7-20(2,18)19)16-10(15-8)17-6-3-4-13-17/h3-4,6H,5,7H2,1-2H3,(H2,11,12,14,15,16). The number of rotatable bonds is 6. The summed E-state index contributed by atoms with van der Waals surface area (Å²) in [6, 6.07) is 1.75. The monoisotopic (exact) mass is 297 g/mol. The van der Waals surface area contributed by atoms with Gasteiger partial charge >= 0.3 is 0 Å². The van der Waals surface area contributed by atoms with E-state index in [1.807, 2.05) is 0 Å². The first-order valence-electron chi connectivity index (χ1n) is 5.83. The summed E-state index contributed by atoms with van der Waals surface area (Å²) in [6.07, 6.45) is 4.49. The molecule has 2 aromatic rings. The molecule has 20 heavy (non-hydrogen) atoms. The van der Waals surface area contributed by atoms with Crippen LogP contribution in [0.4, 0.5) is 11.9 Å². The quantitative estimate of drug-likeness (QED) is 0.737. The molecule has 2 N–H and O–H groups in total. The van der Waals surface area contributed by atoms with Crippen LogP contribution in [0, 0.1) is 0 Å². The molecule has 0 aliphatic carbocycles. The van der Waals surface area contributed by atoms with E-state index >= 15 is 0 Å². The maximum absolute atomic E-state index is 11.1. The second-order valence-electron chi connectivity index (χ2n) is 4.04. The number of aromatic nitrogens is 5. The van der Waals surface area contributed by atoms with Gasteiger partial charge in [-0.05, 0) is 6.07 Å². The minimum Gasteiger partial charge on any atom is -0.357 e. The number of hydrogen-bond acceptors (Lipinski definition) is 8. The highest BCUT2D eigenvalue weighted by atomic mass is 32.2. The predicted molar refractivity (Wildman–Crippen MR) is 74.7 cm³/mol. The highest BCUT2D eigenvalue weighted by Crippen LogP contribution is 2.07. The summed E-state index contributed by atoms with van der Waals surface area (Å²) in [5.74, 6) is 1.01. The molecule has 0 fully saturated rings. The fraction of sp³-hybridized carbons (Fsp3) is 0.400. The smallest absolute Gasteiger partial charge is 0.257 e. The van der Waals surface area contributed by atoms with Crippen LogP contribution in [0.5, 0.6) is 0 Å². The zero-order chi connectivity index (χ0) is 14.6. The Morgan fingerprint density at radius 3 is 2.60 bits per heavy atom. The van der Waals surface area contributed by atoms with E-state index in [-0.39, 0.29) is 12.3 Å². The largest absolute Gasteiger partial charge is 0.357 e. The molecule has 2 aromatic heterocycles. The van der Waals surface area contributed by atoms with E-state index in [4.69, 9.17) is 0 Å². The lowest BCUT2D eigenvalue weighted by molar-refractivity contribution is 0.602. The summed E-state index contributed by atoms with van der Waals surface area (Å²) in [4.78, 5) is 12.4. The molecule has 0 amide bonds. The topological polar surface area (TPSA) is 115 Å². The molecule has 0 saturated heterocycles. The normalized spacial score (nSPS) is 11.3. The Morgan fingerprint density at radius 2 is 2.00 bits per heavy atom. The van der Waals surface area contributed by atoms with Crippen LogP contribution >= 0.6 is 0 Å². The first kappa shape index (κ1) is 14.2. The highest BCUT2D eigenvalue weighted by molar-refractivity contribution is 7.90. The third-order valence-corrected chi connectivity index (χ3v) is 3.26. The molecule has 0 radical (unpaired) electrons. The summed E-state index contributed by atoms with van der Waals surface area (Å²) in [6.45, 7) is 0.227. The fourth-order valence-electron chi connectivity index (χ4n) is 1.39. The Labute approximate surface area is 116 Å². The number of hydrogen-bond donors (Lipinski definition) is 2. The first-order chi connectivity index (χ1) is 9.48. The van der Waals surface area contributed by atoms with Crippen LogP contribution < -0.4 is 10.6 Å². The van der Waals surface area contributed by atoms with Crippen molar-refractivity contribution in [1.82, 2.24) is 24.7 Å². The van der Waals surface area contributed by atoms with Crippen molar-refractivity contribution in [3.63, 3.8) is 0 Å². The molecule has 10 heteroatoms. The van der Waals surface area contributed by atoms with Crippen molar-refractivity contribution in [2.45, 2.75) is 0 Å². The van der Waals surface area contributed by atoms with Crippen LogP contribution in [0.25, 0.3) is 5.95 Å². The van der Waals surface area contributed by atoms with Gasteiger partial charge in [-0.1, -0.05) is 0 Å². The van der Waals surface area contributed by atoms with Crippen molar-refractivity contribution in [1.29, 1.82) is 0 Å². The molecular formula is C10H15N7O2S. The van der Waals surface area contributed by atoms with Gasteiger partial charge in [-0.2, -0.15) is 20.1 Å². The lowest BCUT2D eigenvalue weighted by Gasteiger charge is -2.08. The number of anilines is 2. The fourth-order valence-corrected chi connectivity index (χ4v) is 1.87. The maximum Gasteiger partial charge on any atom is 0.257 e. The summed E-state index contributed by atoms with van der Waals surface area (Å²) in [5.41, 5.74) is 0. The number of nitrogens with one attached hydrogen (secondary N) is 2. The van der Waals surface area contributed by atoms with Crippen molar-refractivity contribution in [2.24, 2.45) is 0 Å². The first-order valence-corrected chi connectivity index (χ1v) is 7.89. The molecule has 0 atom stereocenters. The van der Waals surface area contributed by atoms with E-state index in [0.29, 0.717) is 17.8 Å². The Bertz CT molecular complexity index is 669. The van der Waals surface area contributed by atoms with Gasteiger partial charge in [-0.25, -0.2) is 13.1 Å². The maximum atomic E-state index is 11.1. The van der Waals surface area contributed by atoms with E-state index in [9.17, 15) is 8.42 Å². The van der Waals surface area contributed by atoms with Crippen molar-refractivity contribution in [3.05, 3.63) is 18.5 Å². The van der Waals surface area contributed by atoms with Crippen molar-refractivity contribution in [2.75, 3.05) is 36.2 Å². The van der Waals surface area contributed by atoms with Crippen LogP contribution in [0.2, 0.25) is 0 Å². The Balaban J connectivity index is 2.18. The van der Waals surface area contributed by atoms with Gasteiger partial charge in [-0.3, -0.25) is 0 Å². The second-order valence-corrected chi connectivity index (χ2v) is 6.30. The highest BCUT2D eigenvalue weighted by Gasteiger charge is 2.08. The molecule has 2 rings (SSSR count). The number of sulfone groups is 1. The third kappa shape index (κ3) is 3.88. The van der Waals surface area contributed by atoms with Gasteiger partial charge < -0.3 is 10.6 Å². The summed E-state index contributed by atoms with van der Waals surface area (Å²) in [7, 11) is -1.35. The van der Waals surface area contributed by atoms with Crippen molar-refractivity contribution >= 4 is 21.7 Å². The van der Waals surface area contributed by atoms with Crippen molar-refractivity contribution < 1.29 is 8.42 Å². The molecular weight excluding hydrogens is 282 g/mol. The van der Waals surface area contributed by atoms with Gasteiger partial charge in [0.05, 0.1) is 5.75 Å². The van der Waals surface area contributed by atoms with Gasteiger partial charge in [0.15, 0.2) is 0 Å². The van der Waals surface area contributed by atoms with Gasteiger partial charge in [0.1, 0.15) is 9.84 Å². The average Bonchev–Trinajstić information content (AvgIpc) is 2.90. The van der Waals surface area contributed by atoms with Crippen LogP contribution in [0.3, 0.4) is 0 Å². The Hall–Kier alpha value is -2.23. The molecule has 0 aliphatic rings. The van der Waals surface area contributed by atoms with E-state index < -0.39 is 9.84 Å². The average molecular weight is 297 g/mol. The van der Waals surface area contributed by atoms with E-state index in [2.05, 4.69) is 30.7 Å². The van der Waals surface area contributed by atoms with E-state index in [1.54, 1.807) is 25.5 Å². The van der Waals surface area contributed by atoms with Crippen LogP contribution in [0.15, 0.2) is 18.5 Å². The lowest BCUT2D eigenvalue weighted by Crippen LogP contribution is -2.17. The van der Waals surface area contributed by atoms with Crippen LogP contribution in [-0.2, 0) is 9.84 Å². The zero-order valence-electron chi connectivity index (χ0n) is 11.1. The lowest BCUT2D eigenvalue weighted by atomic mass is 10.7. The van der Waals surface area contributed by atoms with Gasteiger partial charge in [0.25, 0.3) is 5.95 Å². The SMILES string of the molecule is CNc1nc(NCCS(C)(=O)=O)nc(-n2cccn2)n1. The zero-order valence-corrected chi connectivity index (χ0v) is 11.9. The summed E-state index contributed by atoms with van der Waals surface area (Å²) >= 11 is 0. The molecule has 9 nitrogen and oxygen atoms in total. The Kier molecular flexibility index (Phi) is 4.13. The predicted octanol–water partition coefficient (Wildman–Crippen LogP) is -0.445.